The molecular formula is C21H34O2Si2. The van der Waals surface area contributed by atoms with Gasteiger partial charge in [0, 0.05) is 0 Å². The van der Waals surface area contributed by atoms with Crippen molar-refractivity contribution in [2.24, 2.45) is 0 Å². The van der Waals surface area contributed by atoms with E-state index in [9.17, 15) is 0 Å². The monoisotopic (exact) mass is 374 g/mol. The molecule has 1 unspecified atom stereocenters. The molecule has 0 bridgehead atoms. The van der Waals surface area contributed by atoms with Gasteiger partial charge in [0.25, 0.3) is 0 Å². The molecule has 0 radical (unpaired) electrons. The number of furan rings is 1. The number of rotatable bonds is 3. The first kappa shape index (κ1) is 21.8. The molecule has 1 atom stereocenters. The summed E-state index contributed by atoms with van der Waals surface area (Å²) in [5.74, 6) is 10.1. The summed E-state index contributed by atoms with van der Waals surface area (Å²) < 4.78 is 12.0. The van der Waals surface area contributed by atoms with Gasteiger partial charge >= 0.3 is 0 Å². The van der Waals surface area contributed by atoms with Gasteiger partial charge in [0.05, 0.1) is 6.26 Å². The highest BCUT2D eigenvalue weighted by atomic mass is 28.4. The Morgan fingerprint density at radius 1 is 0.960 bits per heavy atom. The van der Waals surface area contributed by atoms with Crippen LogP contribution in [0.1, 0.15) is 53.4 Å². The van der Waals surface area contributed by atoms with Crippen molar-refractivity contribution in [3.8, 4) is 23.3 Å². The molecule has 1 rings (SSSR count). The Hall–Kier alpha value is -1.21. The molecular weight excluding hydrogens is 340 g/mol. The fraction of sp³-hybridized carbons (Fsp3) is 0.619. The van der Waals surface area contributed by atoms with Crippen molar-refractivity contribution in [1.29, 1.82) is 0 Å². The Bertz CT molecular complexity index is 679. The standard InChI is InChI=1S/C21H34O2Si2/c1-20(2,3)24(7,8)17-12-11-14-19(18-15-13-16-22-18)23-25(9,10)21(4,5)6/h13,15-16,19H,1-10H3. The molecule has 0 spiro atoms. The van der Waals surface area contributed by atoms with Gasteiger partial charge in [-0.05, 0) is 53.1 Å². The molecule has 0 aromatic carbocycles. The smallest absolute Gasteiger partial charge is 0.194 e. The third kappa shape index (κ3) is 5.92. The molecule has 1 heterocycles. The van der Waals surface area contributed by atoms with E-state index in [1.807, 2.05) is 12.1 Å². The maximum Gasteiger partial charge on any atom is 0.194 e. The quantitative estimate of drug-likeness (QED) is 0.451. The van der Waals surface area contributed by atoms with E-state index >= 15 is 0 Å². The van der Waals surface area contributed by atoms with E-state index in [4.69, 9.17) is 8.84 Å². The molecule has 0 fully saturated rings. The van der Waals surface area contributed by atoms with Crippen LogP contribution < -0.4 is 0 Å². The molecule has 0 aliphatic rings. The highest BCUT2D eigenvalue weighted by molar-refractivity contribution is 6.87. The molecule has 1 aromatic heterocycles. The van der Waals surface area contributed by atoms with Crippen LogP contribution in [0.5, 0.6) is 0 Å². The van der Waals surface area contributed by atoms with Crippen molar-refractivity contribution in [3.05, 3.63) is 24.2 Å². The van der Waals surface area contributed by atoms with Crippen LogP contribution in [0.25, 0.3) is 0 Å². The van der Waals surface area contributed by atoms with E-state index in [2.05, 4.69) is 91.0 Å². The fourth-order valence-electron chi connectivity index (χ4n) is 1.55. The lowest BCUT2D eigenvalue weighted by Gasteiger charge is -2.37. The van der Waals surface area contributed by atoms with E-state index in [-0.39, 0.29) is 16.2 Å². The average molecular weight is 375 g/mol. The predicted octanol–water partition coefficient (Wildman–Crippen LogP) is 6.40. The molecule has 25 heavy (non-hydrogen) atoms. The first-order chi connectivity index (χ1) is 11.2. The van der Waals surface area contributed by atoms with E-state index in [1.165, 1.54) is 0 Å². The number of hydrogen-bond donors (Lipinski definition) is 0. The summed E-state index contributed by atoms with van der Waals surface area (Å²) in [5, 5.41) is 0.353. The summed E-state index contributed by atoms with van der Waals surface area (Å²) in [6.07, 6.45) is 1.31. The van der Waals surface area contributed by atoms with E-state index in [1.54, 1.807) is 6.26 Å². The Kier molecular flexibility index (Phi) is 6.62. The topological polar surface area (TPSA) is 22.4 Å². The van der Waals surface area contributed by atoms with Crippen LogP contribution in [0.4, 0.5) is 0 Å². The zero-order chi connectivity index (χ0) is 19.5. The van der Waals surface area contributed by atoms with Crippen molar-refractivity contribution >= 4 is 16.4 Å². The molecule has 0 N–H and O–H groups in total. The van der Waals surface area contributed by atoms with Gasteiger partial charge in [0.1, 0.15) is 13.8 Å². The molecule has 0 aliphatic heterocycles. The molecule has 0 saturated heterocycles. The van der Waals surface area contributed by atoms with Gasteiger partial charge in [-0.2, -0.15) is 0 Å². The Labute approximate surface area is 156 Å². The van der Waals surface area contributed by atoms with E-state index in [0.717, 1.165) is 5.76 Å². The molecule has 138 valence electrons. The van der Waals surface area contributed by atoms with Crippen molar-refractivity contribution in [2.75, 3.05) is 0 Å². The first-order valence-corrected chi connectivity index (χ1v) is 14.8. The predicted molar refractivity (Wildman–Crippen MR) is 112 cm³/mol. The maximum absolute atomic E-state index is 6.46. The van der Waals surface area contributed by atoms with E-state index < -0.39 is 16.4 Å². The summed E-state index contributed by atoms with van der Waals surface area (Å²) in [6, 6.07) is 3.80. The summed E-state index contributed by atoms with van der Waals surface area (Å²) in [5.41, 5.74) is 3.43. The van der Waals surface area contributed by atoms with E-state index in [0.29, 0.717) is 0 Å². The summed E-state index contributed by atoms with van der Waals surface area (Å²) in [7, 11) is -3.59. The summed E-state index contributed by atoms with van der Waals surface area (Å²) in [4.78, 5) is 0. The summed E-state index contributed by atoms with van der Waals surface area (Å²) in [6.45, 7) is 22.5. The maximum atomic E-state index is 6.46. The summed E-state index contributed by atoms with van der Waals surface area (Å²) >= 11 is 0. The van der Waals surface area contributed by atoms with Crippen LogP contribution in [-0.2, 0) is 4.43 Å². The third-order valence-corrected chi connectivity index (χ3v) is 14.5. The SMILES string of the molecule is CC(C)(C)[Si](C)(C)C#CC#CC(O[Si](C)(C)C(C)(C)C)c1ccco1. The molecule has 0 saturated carbocycles. The van der Waals surface area contributed by atoms with Gasteiger partial charge in [-0.3, -0.25) is 0 Å². The zero-order valence-electron chi connectivity index (χ0n) is 17.6. The van der Waals surface area contributed by atoms with Crippen LogP contribution in [0.15, 0.2) is 22.8 Å². The van der Waals surface area contributed by atoms with Crippen LogP contribution in [0, 0.1) is 23.3 Å². The molecule has 2 nitrogen and oxygen atoms in total. The minimum Gasteiger partial charge on any atom is -0.466 e. The van der Waals surface area contributed by atoms with Gasteiger partial charge in [-0.25, -0.2) is 0 Å². The van der Waals surface area contributed by atoms with Crippen LogP contribution >= 0.6 is 0 Å². The first-order valence-electron chi connectivity index (χ1n) is 8.91. The van der Waals surface area contributed by atoms with Crippen LogP contribution in [-0.4, -0.2) is 16.4 Å². The lowest BCUT2D eigenvalue weighted by atomic mass is 10.2. The molecule has 0 aliphatic carbocycles. The van der Waals surface area contributed by atoms with Crippen molar-refractivity contribution in [3.63, 3.8) is 0 Å². The molecule has 4 heteroatoms. The molecule has 0 amide bonds. The van der Waals surface area contributed by atoms with Crippen LogP contribution in [0.3, 0.4) is 0 Å². The Morgan fingerprint density at radius 2 is 1.56 bits per heavy atom. The minimum atomic E-state index is -1.95. The lowest BCUT2D eigenvalue weighted by Crippen LogP contribution is -2.41. The van der Waals surface area contributed by atoms with Gasteiger partial charge in [0.15, 0.2) is 14.4 Å². The fourth-order valence-corrected chi connectivity index (χ4v) is 3.42. The van der Waals surface area contributed by atoms with Gasteiger partial charge in [-0.15, -0.1) is 5.54 Å². The van der Waals surface area contributed by atoms with Gasteiger partial charge in [-0.1, -0.05) is 54.6 Å². The second-order valence-corrected chi connectivity index (χ2v) is 19.4. The lowest BCUT2D eigenvalue weighted by molar-refractivity contribution is 0.209. The average Bonchev–Trinajstić information content (AvgIpc) is 2.93. The van der Waals surface area contributed by atoms with Crippen molar-refractivity contribution in [2.45, 2.75) is 83.9 Å². The van der Waals surface area contributed by atoms with Crippen molar-refractivity contribution < 1.29 is 8.84 Å². The van der Waals surface area contributed by atoms with Gasteiger partial charge < -0.3 is 8.84 Å². The Balaban J connectivity index is 3.08. The second-order valence-electron chi connectivity index (χ2n) is 9.67. The highest BCUT2D eigenvalue weighted by Gasteiger charge is 2.39. The van der Waals surface area contributed by atoms with Crippen molar-refractivity contribution in [1.82, 2.24) is 0 Å². The zero-order valence-corrected chi connectivity index (χ0v) is 19.6. The second kappa shape index (κ2) is 7.58. The minimum absolute atomic E-state index is 0.117. The highest BCUT2D eigenvalue weighted by Crippen LogP contribution is 2.39. The normalized spacial score (nSPS) is 14.2. The van der Waals surface area contributed by atoms with Crippen LogP contribution in [0.2, 0.25) is 36.3 Å². The third-order valence-electron chi connectivity index (χ3n) is 5.54. The van der Waals surface area contributed by atoms with Gasteiger partial charge in [0.2, 0.25) is 0 Å². The molecule has 1 aromatic rings. The number of hydrogen-bond acceptors (Lipinski definition) is 2. The largest absolute Gasteiger partial charge is 0.466 e. The Morgan fingerprint density at radius 3 is 2.00 bits per heavy atom.